The Morgan fingerprint density at radius 2 is 2.30 bits per heavy atom. The molecule has 0 aromatic carbocycles. The van der Waals surface area contributed by atoms with Crippen molar-refractivity contribution in [2.24, 2.45) is 0 Å². The van der Waals surface area contributed by atoms with Crippen LogP contribution in [0.25, 0.3) is 0 Å². The molecule has 0 saturated carbocycles. The van der Waals surface area contributed by atoms with Crippen molar-refractivity contribution in [1.82, 2.24) is 5.32 Å². The van der Waals surface area contributed by atoms with E-state index in [1.54, 1.807) is 0 Å². The minimum atomic E-state index is 0. The summed E-state index contributed by atoms with van der Waals surface area (Å²) in [6.45, 7) is 3.80. The molecule has 10 heavy (non-hydrogen) atoms. The minimum absolute atomic E-state index is 0. The van der Waals surface area contributed by atoms with Gasteiger partial charge in [-0.05, 0) is 6.92 Å². The first-order chi connectivity index (χ1) is 4.33. The number of hydrogen-bond donors (Lipinski definition) is 2. The SMILES string of the molecule is C[C@@H]1CNC[C@H](CO)O1.Cl. The van der Waals surface area contributed by atoms with Crippen LogP contribution in [0.3, 0.4) is 0 Å². The molecule has 1 heterocycles. The zero-order valence-electron chi connectivity index (χ0n) is 6.04. The molecule has 4 heteroatoms. The predicted octanol–water partition coefficient (Wildman–Crippen LogP) is -0.223. The van der Waals surface area contributed by atoms with E-state index < -0.39 is 0 Å². The third-order valence-corrected chi connectivity index (χ3v) is 1.43. The summed E-state index contributed by atoms with van der Waals surface area (Å²) in [6, 6.07) is 0. The van der Waals surface area contributed by atoms with Gasteiger partial charge >= 0.3 is 0 Å². The molecule has 2 N–H and O–H groups in total. The number of morpholine rings is 1. The molecule has 0 aromatic rings. The second-order valence-corrected chi connectivity index (χ2v) is 2.41. The van der Waals surface area contributed by atoms with Crippen LogP contribution in [-0.2, 0) is 4.74 Å². The number of rotatable bonds is 1. The molecule has 1 saturated heterocycles. The molecule has 0 radical (unpaired) electrons. The smallest absolute Gasteiger partial charge is 0.0933 e. The van der Waals surface area contributed by atoms with Crippen LogP contribution in [0, 0.1) is 0 Å². The minimum Gasteiger partial charge on any atom is -0.394 e. The zero-order chi connectivity index (χ0) is 6.69. The molecule has 1 aliphatic rings. The summed E-state index contributed by atoms with van der Waals surface area (Å²) in [5, 5.41) is 11.8. The van der Waals surface area contributed by atoms with Gasteiger partial charge in [0.1, 0.15) is 0 Å². The van der Waals surface area contributed by atoms with E-state index in [1.807, 2.05) is 6.92 Å². The van der Waals surface area contributed by atoms with Crippen LogP contribution >= 0.6 is 12.4 Å². The Morgan fingerprint density at radius 3 is 2.70 bits per heavy atom. The van der Waals surface area contributed by atoms with Gasteiger partial charge in [0.05, 0.1) is 18.8 Å². The van der Waals surface area contributed by atoms with Gasteiger partial charge in [-0.2, -0.15) is 0 Å². The zero-order valence-corrected chi connectivity index (χ0v) is 6.86. The largest absolute Gasteiger partial charge is 0.394 e. The van der Waals surface area contributed by atoms with Crippen molar-refractivity contribution in [3.63, 3.8) is 0 Å². The number of ether oxygens (including phenoxy) is 1. The number of aliphatic hydroxyl groups excluding tert-OH is 1. The van der Waals surface area contributed by atoms with E-state index in [4.69, 9.17) is 9.84 Å². The summed E-state index contributed by atoms with van der Waals surface area (Å²) in [6.07, 6.45) is 0.254. The molecule has 0 unspecified atom stereocenters. The third-order valence-electron chi connectivity index (χ3n) is 1.43. The fourth-order valence-corrected chi connectivity index (χ4v) is 0.980. The normalized spacial score (nSPS) is 33.0. The van der Waals surface area contributed by atoms with Gasteiger partial charge in [0, 0.05) is 13.1 Å². The molecule has 1 rings (SSSR count). The lowest BCUT2D eigenvalue weighted by atomic mass is 10.3. The summed E-state index contributed by atoms with van der Waals surface area (Å²) >= 11 is 0. The lowest BCUT2D eigenvalue weighted by Gasteiger charge is -2.27. The summed E-state index contributed by atoms with van der Waals surface area (Å²) in [5.74, 6) is 0. The van der Waals surface area contributed by atoms with Crippen molar-refractivity contribution in [3.05, 3.63) is 0 Å². The highest BCUT2D eigenvalue weighted by molar-refractivity contribution is 5.85. The lowest BCUT2D eigenvalue weighted by Crippen LogP contribution is -2.44. The molecule has 0 amide bonds. The van der Waals surface area contributed by atoms with E-state index in [1.165, 1.54) is 0 Å². The summed E-state index contributed by atoms with van der Waals surface area (Å²) in [4.78, 5) is 0. The Balaban J connectivity index is 0.000000810. The van der Waals surface area contributed by atoms with Gasteiger partial charge in [-0.3, -0.25) is 0 Å². The van der Waals surface area contributed by atoms with Crippen LogP contribution in [0.4, 0.5) is 0 Å². The van der Waals surface area contributed by atoms with E-state index in [0.29, 0.717) is 0 Å². The van der Waals surface area contributed by atoms with Crippen molar-refractivity contribution in [1.29, 1.82) is 0 Å². The quantitative estimate of drug-likeness (QED) is 0.568. The van der Waals surface area contributed by atoms with Crippen molar-refractivity contribution < 1.29 is 9.84 Å². The number of halogens is 1. The lowest BCUT2D eigenvalue weighted by molar-refractivity contribution is -0.0518. The predicted molar refractivity (Wildman–Crippen MR) is 41.5 cm³/mol. The highest BCUT2D eigenvalue weighted by atomic mass is 35.5. The molecule has 62 valence electrons. The number of aliphatic hydroxyl groups is 1. The van der Waals surface area contributed by atoms with E-state index in [9.17, 15) is 0 Å². The second-order valence-electron chi connectivity index (χ2n) is 2.41. The molecular weight excluding hydrogens is 154 g/mol. The van der Waals surface area contributed by atoms with Crippen molar-refractivity contribution in [2.75, 3.05) is 19.7 Å². The second kappa shape index (κ2) is 4.91. The molecule has 1 fully saturated rings. The molecule has 0 spiro atoms. The first-order valence-corrected chi connectivity index (χ1v) is 3.30. The fourth-order valence-electron chi connectivity index (χ4n) is 0.980. The topological polar surface area (TPSA) is 41.5 Å². The van der Waals surface area contributed by atoms with E-state index >= 15 is 0 Å². The summed E-state index contributed by atoms with van der Waals surface area (Å²) < 4.78 is 5.32. The maximum atomic E-state index is 8.64. The Morgan fingerprint density at radius 1 is 1.60 bits per heavy atom. The first-order valence-electron chi connectivity index (χ1n) is 3.30. The standard InChI is InChI=1S/C6H13NO2.ClH/c1-5-2-7-3-6(4-8)9-5;/h5-8H,2-4H2,1H3;1H/t5-,6-;/m1./s1. The molecule has 1 aliphatic heterocycles. The number of nitrogens with one attached hydrogen (secondary N) is 1. The highest BCUT2D eigenvalue weighted by Gasteiger charge is 2.16. The fraction of sp³-hybridized carbons (Fsp3) is 1.00. The maximum absolute atomic E-state index is 8.64. The number of hydrogen-bond acceptors (Lipinski definition) is 3. The Kier molecular flexibility index (Phi) is 4.99. The van der Waals surface area contributed by atoms with Gasteiger partial charge in [-0.15, -0.1) is 12.4 Å². The van der Waals surface area contributed by atoms with Gasteiger partial charge in [-0.1, -0.05) is 0 Å². The molecule has 3 nitrogen and oxygen atoms in total. The van der Waals surface area contributed by atoms with Crippen LogP contribution in [-0.4, -0.2) is 37.0 Å². The highest BCUT2D eigenvalue weighted by Crippen LogP contribution is 2.00. The van der Waals surface area contributed by atoms with Gasteiger partial charge in [0.2, 0.25) is 0 Å². The molecule has 0 aliphatic carbocycles. The molecule has 0 bridgehead atoms. The molecule has 0 aromatic heterocycles. The monoisotopic (exact) mass is 167 g/mol. The van der Waals surface area contributed by atoms with Crippen molar-refractivity contribution >= 4 is 12.4 Å². The molecular formula is C6H14ClNO2. The molecule has 2 atom stereocenters. The van der Waals surface area contributed by atoms with Gasteiger partial charge < -0.3 is 15.2 Å². The Hall–Kier alpha value is 0.170. The van der Waals surface area contributed by atoms with Crippen LogP contribution < -0.4 is 5.32 Å². The van der Waals surface area contributed by atoms with E-state index in [2.05, 4.69) is 5.32 Å². The summed E-state index contributed by atoms with van der Waals surface area (Å²) in [7, 11) is 0. The van der Waals surface area contributed by atoms with Gasteiger partial charge in [-0.25, -0.2) is 0 Å². The van der Waals surface area contributed by atoms with Crippen molar-refractivity contribution in [2.45, 2.75) is 19.1 Å². The third kappa shape index (κ3) is 2.84. The Labute approximate surface area is 67.2 Å². The van der Waals surface area contributed by atoms with Crippen LogP contribution in [0.5, 0.6) is 0 Å². The average molecular weight is 168 g/mol. The van der Waals surface area contributed by atoms with Crippen LogP contribution in [0.15, 0.2) is 0 Å². The summed E-state index contributed by atoms with van der Waals surface area (Å²) in [5.41, 5.74) is 0. The van der Waals surface area contributed by atoms with Gasteiger partial charge in [0.15, 0.2) is 0 Å². The van der Waals surface area contributed by atoms with Crippen LogP contribution in [0.1, 0.15) is 6.92 Å². The average Bonchev–Trinajstić information content (AvgIpc) is 1.88. The van der Waals surface area contributed by atoms with Crippen LogP contribution in [0.2, 0.25) is 0 Å². The first kappa shape index (κ1) is 10.2. The Bertz CT molecular complexity index is 91.8. The van der Waals surface area contributed by atoms with E-state index in [0.717, 1.165) is 13.1 Å². The van der Waals surface area contributed by atoms with Crippen molar-refractivity contribution in [3.8, 4) is 0 Å². The van der Waals surface area contributed by atoms with Gasteiger partial charge in [0.25, 0.3) is 0 Å². The maximum Gasteiger partial charge on any atom is 0.0933 e. The van der Waals surface area contributed by atoms with E-state index in [-0.39, 0.29) is 31.2 Å².